The second kappa shape index (κ2) is 7.48. The van der Waals surface area contributed by atoms with Gasteiger partial charge >= 0.3 is 6.03 Å². The maximum atomic E-state index is 12.6. The van der Waals surface area contributed by atoms with Crippen molar-refractivity contribution in [1.29, 1.82) is 0 Å². The molecule has 0 radical (unpaired) electrons. The number of nitrogens with one attached hydrogen (secondary N) is 1. The van der Waals surface area contributed by atoms with Gasteiger partial charge in [0, 0.05) is 43.6 Å². The average molecular weight is 399 g/mol. The Balaban J connectivity index is 1.76. The molecule has 150 valence electrons. The fourth-order valence-corrected chi connectivity index (χ4v) is 5.68. The molecule has 0 saturated carbocycles. The lowest BCUT2D eigenvalue weighted by molar-refractivity contribution is 0.193. The van der Waals surface area contributed by atoms with Gasteiger partial charge in [-0.15, -0.1) is 11.8 Å². The van der Waals surface area contributed by atoms with Crippen LogP contribution in [0.25, 0.3) is 16.5 Å². The summed E-state index contributed by atoms with van der Waals surface area (Å²) in [6.07, 6.45) is 5.50. The number of urea groups is 1. The molecule has 2 amide bonds. The fourth-order valence-electron chi connectivity index (χ4n) is 4.88. The highest BCUT2D eigenvalue weighted by molar-refractivity contribution is 7.98. The van der Waals surface area contributed by atoms with E-state index in [1.807, 2.05) is 30.5 Å². The van der Waals surface area contributed by atoms with E-state index in [1.165, 1.54) is 32.6 Å². The highest BCUT2D eigenvalue weighted by Crippen LogP contribution is 2.44. The molecule has 4 rings (SSSR count). The van der Waals surface area contributed by atoms with Crippen molar-refractivity contribution in [1.82, 2.24) is 19.7 Å². The highest BCUT2D eigenvalue weighted by Gasteiger charge is 2.36. The summed E-state index contributed by atoms with van der Waals surface area (Å²) in [5.41, 5.74) is 5.46. The van der Waals surface area contributed by atoms with Crippen molar-refractivity contribution in [2.24, 2.45) is 7.05 Å². The van der Waals surface area contributed by atoms with Crippen LogP contribution < -0.4 is 5.32 Å². The molecule has 1 aromatic carbocycles. The Morgan fingerprint density at radius 2 is 2.04 bits per heavy atom. The molecular formula is C22H30N4OS. The maximum Gasteiger partial charge on any atom is 0.317 e. The average Bonchev–Trinajstić information content (AvgIpc) is 2.96. The molecule has 1 aliphatic heterocycles. The largest absolute Gasteiger partial charge is 0.339 e. The minimum atomic E-state index is 0.0257. The summed E-state index contributed by atoms with van der Waals surface area (Å²) >= 11 is 1.84. The Kier molecular flexibility index (Phi) is 5.19. The van der Waals surface area contributed by atoms with Gasteiger partial charge in [-0.2, -0.15) is 0 Å². The number of hydrogen-bond acceptors (Lipinski definition) is 3. The summed E-state index contributed by atoms with van der Waals surface area (Å²) in [7, 11) is 4.35. The van der Waals surface area contributed by atoms with E-state index in [4.69, 9.17) is 0 Å². The Labute approximate surface area is 171 Å². The van der Waals surface area contributed by atoms with Crippen LogP contribution in [-0.4, -0.2) is 65.4 Å². The number of carbonyl (C=O) groups excluding carboxylic acids is 1. The maximum absolute atomic E-state index is 12.6. The zero-order chi connectivity index (χ0) is 20.0. The molecule has 0 bridgehead atoms. The van der Waals surface area contributed by atoms with Gasteiger partial charge in [0.2, 0.25) is 0 Å². The van der Waals surface area contributed by atoms with E-state index >= 15 is 0 Å². The van der Waals surface area contributed by atoms with Gasteiger partial charge in [0.05, 0.1) is 11.1 Å². The van der Waals surface area contributed by atoms with Crippen LogP contribution in [0.5, 0.6) is 0 Å². The fraction of sp³-hybridized carbons (Fsp3) is 0.500. The number of thioether (sulfide) groups is 1. The van der Waals surface area contributed by atoms with E-state index < -0.39 is 0 Å². The molecule has 1 N–H and O–H groups in total. The van der Waals surface area contributed by atoms with Crippen LogP contribution in [0.3, 0.4) is 0 Å². The van der Waals surface area contributed by atoms with Crippen LogP contribution in [-0.2, 0) is 13.5 Å². The number of benzene rings is 1. The van der Waals surface area contributed by atoms with Gasteiger partial charge in [0.25, 0.3) is 0 Å². The zero-order valence-electron chi connectivity index (χ0n) is 17.5. The van der Waals surface area contributed by atoms with Gasteiger partial charge in [-0.1, -0.05) is 18.2 Å². The Bertz CT molecular complexity index is 944. The lowest BCUT2D eigenvalue weighted by atomic mass is 9.81. The molecule has 1 aromatic heterocycles. The molecule has 2 aliphatic rings. The normalized spacial score (nSPS) is 21.4. The molecule has 1 aliphatic carbocycles. The Morgan fingerprint density at radius 3 is 2.71 bits per heavy atom. The first kappa shape index (κ1) is 19.4. The second-order valence-corrected chi connectivity index (χ2v) is 8.55. The summed E-state index contributed by atoms with van der Waals surface area (Å²) in [6, 6.07) is 7.05. The second-order valence-electron chi connectivity index (χ2n) is 7.76. The first-order chi connectivity index (χ1) is 13.5. The van der Waals surface area contributed by atoms with E-state index in [0.717, 1.165) is 26.1 Å². The van der Waals surface area contributed by atoms with Crippen LogP contribution in [0.15, 0.2) is 29.3 Å². The van der Waals surface area contributed by atoms with Crippen molar-refractivity contribution < 1.29 is 4.79 Å². The number of amides is 2. The van der Waals surface area contributed by atoms with Crippen molar-refractivity contribution >= 4 is 34.3 Å². The van der Waals surface area contributed by atoms with Gasteiger partial charge in [0.15, 0.2) is 0 Å². The zero-order valence-corrected chi connectivity index (χ0v) is 18.3. The van der Waals surface area contributed by atoms with Crippen molar-refractivity contribution in [2.75, 3.05) is 32.9 Å². The monoisotopic (exact) mass is 398 g/mol. The van der Waals surface area contributed by atoms with Gasteiger partial charge in [-0.3, -0.25) is 4.90 Å². The summed E-state index contributed by atoms with van der Waals surface area (Å²) in [6.45, 7) is 6.34. The number of rotatable bonds is 4. The summed E-state index contributed by atoms with van der Waals surface area (Å²) < 4.78 is 2.33. The van der Waals surface area contributed by atoms with Gasteiger partial charge in [-0.25, -0.2) is 4.79 Å². The number of hydrogen-bond donors (Lipinski definition) is 1. The SMILES string of the molecule is CCN(CC)C(=O)N[C@H]1C=C2c3cccc4c3c(c(SC)n4C)C[C@H]2N(C)C1. The van der Waals surface area contributed by atoms with Crippen LogP contribution in [0.1, 0.15) is 25.0 Å². The van der Waals surface area contributed by atoms with Crippen LogP contribution in [0.4, 0.5) is 4.79 Å². The topological polar surface area (TPSA) is 40.5 Å². The smallest absolute Gasteiger partial charge is 0.317 e. The van der Waals surface area contributed by atoms with Crippen LogP contribution >= 0.6 is 11.8 Å². The first-order valence-corrected chi connectivity index (χ1v) is 11.3. The number of aromatic nitrogens is 1. The molecule has 5 nitrogen and oxygen atoms in total. The van der Waals surface area contributed by atoms with Gasteiger partial charge in [-0.05, 0) is 56.3 Å². The van der Waals surface area contributed by atoms with Crippen molar-refractivity contribution in [3.05, 3.63) is 35.4 Å². The summed E-state index contributed by atoms with van der Waals surface area (Å²) in [4.78, 5) is 16.8. The van der Waals surface area contributed by atoms with Gasteiger partial charge in [0.1, 0.15) is 0 Å². The minimum Gasteiger partial charge on any atom is -0.339 e. The predicted octanol–water partition coefficient (Wildman–Crippen LogP) is 3.57. The molecule has 28 heavy (non-hydrogen) atoms. The molecule has 2 atom stereocenters. The van der Waals surface area contributed by atoms with E-state index in [2.05, 4.69) is 59.4 Å². The summed E-state index contributed by atoms with van der Waals surface area (Å²) in [5, 5.41) is 5.98. The highest BCUT2D eigenvalue weighted by atomic mass is 32.2. The molecule has 2 aromatic rings. The van der Waals surface area contributed by atoms with Gasteiger partial charge < -0.3 is 14.8 Å². The third-order valence-corrected chi connectivity index (χ3v) is 7.19. The van der Waals surface area contributed by atoms with Crippen molar-refractivity contribution in [3.63, 3.8) is 0 Å². The predicted molar refractivity (Wildman–Crippen MR) is 118 cm³/mol. The van der Waals surface area contributed by atoms with E-state index in [-0.39, 0.29) is 12.1 Å². The Morgan fingerprint density at radius 1 is 1.29 bits per heavy atom. The number of carbonyl (C=O) groups is 1. The van der Waals surface area contributed by atoms with E-state index in [9.17, 15) is 4.79 Å². The van der Waals surface area contributed by atoms with Crippen LogP contribution in [0.2, 0.25) is 0 Å². The lowest BCUT2D eigenvalue weighted by Gasteiger charge is -2.40. The third-order valence-electron chi connectivity index (χ3n) is 6.29. The molecule has 0 saturated heterocycles. The van der Waals surface area contributed by atoms with Crippen molar-refractivity contribution in [3.8, 4) is 0 Å². The number of likely N-dealkylation sites (N-methyl/N-ethyl adjacent to an activating group) is 1. The molecule has 0 unspecified atom stereocenters. The van der Waals surface area contributed by atoms with E-state index in [0.29, 0.717) is 6.04 Å². The first-order valence-electron chi connectivity index (χ1n) is 10.1. The van der Waals surface area contributed by atoms with E-state index in [1.54, 1.807) is 0 Å². The number of nitrogens with zero attached hydrogens (tertiary/aromatic N) is 3. The molecular weight excluding hydrogens is 368 g/mol. The van der Waals surface area contributed by atoms with Crippen molar-refractivity contribution in [2.45, 2.75) is 37.4 Å². The molecule has 6 heteroatoms. The molecule has 0 fully saturated rings. The Hall–Kier alpha value is -1.92. The summed E-state index contributed by atoms with van der Waals surface area (Å²) in [5.74, 6) is 0. The molecule has 0 spiro atoms. The quantitative estimate of drug-likeness (QED) is 0.801. The van der Waals surface area contributed by atoms with Crippen LogP contribution in [0, 0.1) is 0 Å². The minimum absolute atomic E-state index is 0.0257. The molecule has 2 heterocycles. The lowest BCUT2D eigenvalue weighted by Crippen LogP contribution is -2.52. The number of fused-ring (bicyclic) bond motifs is 2. The number of aryl methyl sites for hydroxylation is 1. The third kappa shape index (κ3) is 2.94. The standard InChI is InChI=1S/C22H30N4OS/c1-6-26(7-2)22(27)23-14-11-16-15-9-8-10-18-20(15)17(21(28-5)25(18)4)12-19(16)24(3)13-14/h8-11,14,19H,6-7,12-13H2,1-5H3,(H,23,27)/t14-,19+/m0/s1.